The van der Waals surface area contributed by atoms with E-state index >= 15 is 0 Å². The Kier molecular flexibility index (Phi) is 67.9. The molecule has 0 fully saturated rings. The van der Waals surface area contributed by atoms with E-state index in [1.807, 2.05) is 0 Å². The fourth-order valence-corrected chi connectivity index (χ4v) is 13.8. The molecule has 9 heteroatoms. The Morgan fingerprint density at radius 2 is 0.425 bits per heavy atom. The van der Waals surface area contributed by atoms with Gasteiger partial charge < -0.3 is 83.9 Å². The predicted octanol–water partition coefficient (Wildman–Crippen LogP) is 25.1. The number of quaternary nitrogens is 2. The van der Waals surface area contributed by atoms with Gasteiger partial charge in [0.25, 0.3) is 0 Å². The zero-order valence-electron chi connectivity index (χ0n) is 58.0. The minimum Gasteiger partial charge on any atom is -0.485 e. The van der Waals surface area contributed by atoms with Crippen LogP contribution in [0.15, 0.2) is 36.4 Å². The van der Waals surface area contributed by atoms with Crippen LogP contribution >= 0.6 is 24.4 Å². The first-order valence-corrected chi connectivity index (χ1v) is 40.4. The second kappa shape index (κ2) is 67.7. The van der Waals surface area contributed by atoms with E-state index in [1.165, 1.54) is 382 Å². The van der Waals surface area contributed by atoms with Crippen LogP contribution in [0.25, 0.3) is 0 Å². The topological polar surface area (TPSA) is 8.88 Å². The number of nitrogens with one attached hydrogen (secondary N) is 2. The summed E-state index contributed by atoms with van der Waals surface area (Å²) >= 11 is 32.7. The van der Waals surface area contributed by atoms with Crippen LogP contribution in [0.2, 0.25) is 0 Å². The largest absolute Gasteiger partial charge is 2.00 e. The molecule has 2 unspecified atom stereocenters. The smallest absolute Gasteiger partial charge is 0.485 e. The van der Waals surface area contributed by atoms with E-state index in [0.29, 0.717) is 17.3 Å². The standard InChI is InChI=1S/2C39H71NS3.Zn/c2*1-3-5-7-9-11-13-15-17-19-21-23-25-27-29-32-36-33-31-35-38(40(43)39(41)42)37(36)34-30-28-26-24-22-20-18-16-14-12-10-8-6-4-2;/h2*31,33,35,40H,3-30,32,34H2,1-2H3,(H,41,42);/q;;+2/p-2. The summed E-state index contributed by atoms with van der Waals surface area (Å²) in [7, 11) is 0. The van der Waals surface area contributed by atoms with Gasteiger partial charge in [-0.1, -0.05) is 386 Å². The number of hydrogen-bond acceptors (Lipinski definition) is 6. The molecule has 87 heavy (non-hydrogen) atoms. The van der Waals surface area contributed by atoms with E-state index in [1.54, 1.807) is 0 Å². The van der Waals surface area contributed by atoms with Crippen molar-refractivity contribution in [3.63, 3.8) is 0 Å². The van der Waals surface area contributed by atoms with E-state index in [9.17, 15) is 0 Å². The molecule has 0 saturated carbocycles. The number of aryl methyl sites for hydroxylation is 2. The third-order valence-electron chi connectivity index (χ3n) is 18.6. The molecule has 2 atom stereocenters. The van der Waals surface area contributed by atoms with Crippen molar-refractivity contribution >= 4 is 95.3 Å². The van der Waals surface area contributed by atoms with Crippen LogP contribution in [0, 0.1) is 0 Å². The molecule has 0 radical (unpaired) electrons. The van der Waals surface area contributed by atoms with E-state index in [2.05, 4.69) is 64.1 Å². The molecule has 2 N–H and O–H groups in total. The Bertz CT molecular complexity index is 1670. The fourth-order valence-electron chi connectivity index (χ4n) is 13.0. The first kappa shape index (κ1) is 87.3. The van der Waals surface area contributed by atoms with Gasteiger partial charge in [0.2, 0.25) is 0 Å². The summed E-state index contributed by atoms with van der Waals surface area (Å²) in [6.07, 6.45) is 83.0. The second-order valence-corrected chi connectivity index (χ2v) is 29.5. The van der Waals surface area contributed by atoms with Crippen LogP contribution in [0.1, 0.15) is 410 Å². The van der Waals surface area contributed by atoms with Crippen LogP contribution in [0.3, 0.4) is 0 Å². The maximum atomic E-state index is 5.70. The van der Waals surface area contributed by atoms with Gasteiger partial charge in [0.05, 0.1) is 0 Å². The van der Waals surface area contributed by atoms with Crippen molar-refractivity contribution in [1.29, 1.82) is 0 Å². The van der Waals surface area contributed by atoms with Gasteiger partial charge in [-0.05, 0) is 74.6 Å². The quantitative estimate of drug-likeness (QED) is 0.0293. The number of benzene rings is 2. The van der Waals surface area contributed by atoms with Gasteiger partial charge in [-0.25, -0.2) is 0 Å². The van der Waals surface area contributed by atoms with E-state index in [0.717, 1.165) is 37.1 Å². The summed E-state index contributed by atoms with van der Waals surface area (Å²) in [6.45, 7) is 9.19. The molecule has 0 bridgehead atoms. The summed E-state index contributed by atoms with van der Waals surface area (Å²) in [5, 5.41) is 0. The Hall–Kier alpha value is 0.303. The zero-order valence-corrected chi connectivity index (χ0v) is 65.9. The van der Waals surface area contributed by atoms with Crippen molar-refractivity contribution in [2.75, 3.05) is 0 Å². The monoisotopic (exact) mass is 1360 g/mol. The van der Waals surface area contributed by atoms with Crippen LogP contribution in [0.5, 0.6) is 0 Å². The number of hydrogen-bond donors (Lipinski definition) is 2. The van der Waals surface area contributed by atoms with Crippen molar-refractivity contribution in [3.05, 3.63) is 58.7 Å². The molecule has 2 aromatic carbocycles. The van der Waals surface area contributed by atoms with Crippen LogP contribution < -0.4 is 8.61 Å². The van der Waals surface area contributed by atoms with Crippen molar-refractivity contribution in [2.24, 2.45) is 0 Å². The van der Waals surface area contributed by atoms with Crippen molar-refractivity contribution in [3.8, 4) is 0 Å². The van der Waals surface area contributed by atoms with Crippen LogP contribution in [-0.4, -0.2) is 8.64 Å². The van der Waals surface area contributed by atoms with E-state index in [4.69, 9.17) is 75.3 Å². The van der Waals surface area contributed by atoms with Gasteiger partial charge in [0.15, 0.2) is 0 Å². The van der Waals surface area contributed by atoms with Crippen LogP contribution in [-0.2, 0) is 96.0 Å². The van der Waals surface area contributed by atoms with Crippen LogP contribution in [0.4, 0.5) is 11.4 Å². The number of rotatable bonds is 62. The third-order valence-corrected chi connectivity index (χ3v) is 20.7. The maximum absolute atomic E-state index is 5.70. The summed E-state index contributed by atoms with van der Waals surface area (Å²) in [5.74, 6) is 0. The minimum atomic E-state index is 0. The van der Waals surface area contributed by atoms with Gasteiger partial charge in [-0.15, -0.1) is 0 Å². The first-order chi connectivity index (χ1) is 42.2. The van der Waals surface area contributed by atoms with Gasteiger partial charge in [-0.3, -0.25) is 0 Å². The molecule has 0 heterocycles. The summed E-state index contributed by atoms with van der Waals surface area (Å²) in [5.41, 5.74) is 8.14. The molecular weight excluding hydrogens is 1220 g/mol. The molecule has 0 spiro atoms. The first-order valence-electron chi connectivity index (χ1n) is 38.0. The molecular formula is C78H140N2S6Zn. The fraction of sp³-hybridized carbons (Fsp3) is 0.821. The molecule has 2 rings (SSSR count). The molecule has 0 aliphatic rings. The Morgan fingerprint density at radius 1 is 0.264 bits per heavy atom. The SMILES string of the molecule is CCCCCCCCCCCCCCCCc1cccc([NH+]([S-])C(=S)[S-])c1CCCCCCCCCCCCCCCC.CCCCCCCCCCCCCCCCc1cccc([NH+]([S-])C(=S)[S-])c1CCCCCCCCCCCCCCCC.[Zn+2]. The molecule has 2 aromatic rings. The van der Waals surface area contributed by atoms with E-state index in [-0.39, 0.29) is 19.5 Å². The molecule has 0 aliphatic heterocycles. The van der Waals surface area contributed by atoms with Crippen molar-refractivity contribution in [1.82, 2.24) is 0 Å². The normalized spacial score (nSPS) is 12.0. The molecule has 2 nitrogen and oxygen atoms in total. The Labute approximate surface area is 590 Å². The number of unbranched alkanes of at least 4 members (excludes halogenated alkanes) is 52. The average Bonchev–Trinajstić information content (AvgIpc) is 3.51. The molecule has 0 amide bonds. The predicted molar refractivity (Wildman–Crippen MR) is 405 cm³/mol. The third kappa shape index (κ3) is 52.3. The molecule has 0 aromatic heterocycles. The van der Waals surface area contributed by atoms with Crippen molar-refractivity contribution < 1.29 is 28.1 Å². The molecule has 0 saturated heterocycles. The van der Waals surface area contributed by atoms with Gasteiger partial charge >= 0.3 is 19.5 Å². The maximum Gasteiger partial charge on any atom is 2.00 e. The van der Waals surface area contributed by atoms with Gasteiger partial charge in [0.1, 0.15) is 11.4 Å². The number of thiocarbonyl (C=S) groups is 2. The van der Waals surface area contributed by atoms with E-state index < -0.39 is 0 Å². The summed E-state index contributed by atoms with van der Waals surface area (Å²) in [4.78, 5) is 0. The molecule has 500 valence electrons. The van der Waals surface area contributed by atoms with Gasteiger partial charge in [-0.2, -0.15) is 0 Å². The zero-order chi connectivity index (χ0) is 62.4. The van der Waals surface area contributed by atoms with Gasteiger partial charge in [0, 0.05) is 19.8 Å². The molecule has 0 aliphatic carbocycles. The summed E-state index contributed by atoms with van der Waals surface area (Å²) < 4.78 is 2.33. The summed E-state index contributed by atoms with van der Waals surface area (Å²) in [6, 6.07) is 13.3. The Balaban J connectivity index is 0.00000168. The average molecular weight is 1360 g/mol. The van der Waals surface area contributed by atoms with Crippen molar-refractivity contribution in [2.45, 2.75) is 413 Å². The Morgan fingerprint density at radius 3 is 0.598 bits per heavy atom. The second-order valence-electron chi connectivity index (χ2n) is 26.5. The minimum absolute atomic E-state index is 0.